The zero-order valence-electron chi connectivity index (χ0n) is 8.35. The fourth-order valence-electron chi connectivity index (χ4n) is 1.51. The first-order valence-corrected chi connectivity index (χ1v) is 5.21. The predicted octanol–water partition coefficient (Wildman–Crippen LogP) is 3.75. The Labute approximate surface area is 98.3 Å². The maximum Gasteiger partial charge on any atom is 0.333 e. The van der Waals surface area contributed by atoms with Crippen molar-refractivity contribution in [2.24, 2.45) is 0 Å². The molecule has 0 saturated heterocycles. The van der Waals surface area contributed by atoms with E-state index in [1.807, 2.05) is 30.3 Å². The van der Waals surface area contributed by atoms with Crippen LogP contribution in [0.3, 0.4) is 0 Å². The molecule has 0 fully saturated rings. The van der Waals surface area contributed by atoms with E-state index in [1.165, 1.54) is 6.07 Å². The van der Waals surface area contributed by atoms with E-state index in [2.05, 4.69) is 12.6 Å². The Kier molecular flexibility index (Phi) is 3.06. The summed E-state index contributed by atoms with van der Waals surface area (Å²) in [5, 5.41) is 0. The minimum absolute atomic E-state index is 0.00279. The van der Waals surface area contributed by atoms with Crippen LogP contribution in [0, 0.1) is 0 Å². The number of benzene rings is 2. The van der Waals surface area contributed by atoms with Gasteiger partial charge in [0.2, 0.25) is 0 Å². The van der Waals surface area contributed by atoms with E-state index in [0.717, 1.165) is 11.1 Å². The second kappa shape index (κ2) is 4.49. The second-order valence-corrected chi connectivity index (χ2v) is 3.85. The topological polar surface area (TPSA) is 17.1 Å². The number of hydrogen-bond donors (Lipinski definition) is 1. The van der Waals surface area contributed by atoms with Gasteiger partial charge >= 0.3 is 6.04 Å². The van der Waals surface area contributed by atoms with Gasteiger partial charge in [0.05, 0.1) is 5.56 Å². The lowest BCUT2D eigenvalue weighted by Gasteiger charge is -2.04. The van der Waals surface area contributed by atoms with Crippen molar-refractivity contribution < 1.29 is 9.18 Å². The summed E-state index contributed by atoms with van der Waals surface area (Å²) in [6.45, 7) is 0. The van der Waals surface area contributed by atoms with Gasteiger partial charge in [0.15, 0.2) is 0 Å². The monoisotopic (exact) mass is 232 g/mol. The van der Waals surface area contributed by atoms with Crippen molar-refractivity contribution in [3.05, 3.63) is 54.1 Å². The summed E-state index contributed by atoms with van der Waals surface area (Å²) in [5.41, 5.74) is 1.93. The summed E-state index contributed by atoms with van der Waals surface area (Å²) >= 11 is 4.10. The molecule has 0 aliphatic carbocycles. The molecule has 2 rings (SSSR count). The Hall–Kier alpha value is -1.61. The van der Waals surface area contributed by atoms with Crippen molar-refractivity contribution in [2.45, 2.75) is 4.90 Å². The normalized spacial score (nSPS) is 10.1. The first-order valence-electron chi connectivity index (χ1n) is 4.77. The van der Waals surface area contributed by atoms with Crippen LogP contribution in [0.15, 0.2) is 53.4 Å². The molecule has 0 atom stereocenters. The molecular weight excluding hydrogens is 223 g/mol. The first kappa shape index (κ1) is 10.9. The molecule has 3 heteroatoms. The van der Waals surface area contributed by atoms with Crippen molar-refractivity contribution >= 4 is 18.7 Å². The van der Waals surface area contributed by atoms with E-state index < -0.39 is 6.04 Å². The summed E-state index contributed by atoms with van der Waals surface area (Å²) < 4.78 is 12.5. The second-order valence-electron chi connectivity index (χ2n) is 3.37. The number of carbonyl (C=O) groups excluding carboxylic acids is 1. The van der Waals surface area contributed by atoms with Crippen molar-refractivity contribution in [3.8, 4) is 11.1 Å². The van der Waals surface area contributed by atoms with Crippen LogP contribution in [-0.2, 0) is 0 Å². The van der Waals surface area contributed by atoms with Gasteiger partial charge in [0, 0.05) is 4.90 Å². The van der Waals surface area contributed by atoms with E-state index in [9.17, 15) is 9.18 Å². The lowest BCUT2D eigenvalue weighted by atomic mass is 10.0. The van der Waals surface area contributed by atoms with E-state index in [4.69, 9.17) is 0 Å². The van der Waals surface area contributed by atoms with Crippen LogP contribution < -0.4 is 0 Å². The lowest BCUT2D eigenvalue weighted by Crippen LogP contribution is -1.92. The van der Waals surface area contributed by atoms with E-state index in [0.29, 0.717) is 4.90 Å². The fourth-order valence-corrected chi connectivity index (χ4v) is 1.81. The third-order valence-corrected chi connectivity index (χ3v) is 2.69. The highest BCUT2D eigenvalue weighted by molar-refractivity contribution is 7.80. The Balaban J connectivity index is 2.46. The molecule has 16 heavy (non-hydrogen) atoms. The largest absolute Gasteiger partial charge is 0.333 e. The van der Waals surface area contributed by atoms with Crippen molar-refractivity contribution in [1.82, 2.24) is 0 Å². The summed E-state index contributed by atoms with van der Waals surface area (Å²) in [5.74, 6) is 0. The Morgan fingerprint density at radius 2 is 1.69 bits per heavy atom. The average molecular weight is 232 g/mol. The van der Waals surface area contributed by atoms with Gasteiger partial charge in [-0.2, -0.15) is 4.39 Å². The molecule has 1 nitrogen and oxygen atoms in total. The Morgan fingerprint density at radius 1 is 1.00 bits per heavy atom. The molecule has 0 heterocycles. The Bertz CT molecular complexity index is 523. The molecule has 80 valence electrons. The molecule has 0 aliphatic heterocycles. The van der Waals surface area contributed by atoms with Gasteiger partial charge < -0.3 is 0 Å². The highest BCUT2D eigenvalue weighted by Crippen LogP contribution is 2.24. The SMILES string of the molecule is O=C(F)c1ccc(-c2ccccc2)cc1S. The quantitative estimate of drug-likeness (QED) is 0.616. The van der Waals surface area contributed by atoms with Gasteiger partial charge in [-0.1, -0.05) is 36.4 Å². The molecule has 2 aromatic carbocycles. The maximum absolute atomic E-state index is 12.5. The molecule has 0 radical (unpaired) electrons. The van der Waals surface area contributed by atoms with Crippen LogP contribution in [0.25, 0.3) is 11.1 Å². The Morgan fingerprint density at radius 3 is 2.25 bits per heavy atom. The van der Waals surface area contributed by atoms with Gasteiger partial charge in [-0.3, -0.25) is 4.79 Å². The lowest BCUT2D eigenvalue weighted by molar-refractivity contribution is 0.0832. The summed E-state index contributed by atoms with van der Waals surface area (Å²) in [7, 11) is 0. The zero-order valence-corrected chi connectivity index (χ0v) is 9.25. The fraction of sp³-hybridized carbons (Fsp3) is 0. The standard InChI is InChI=1S/C13H9FOS/c14-13(15)11-7-6-10(8-12(11)16)9-4-2-1-3-5-9/h1-8,16H. The van der Waals surface area contributed by atoms with E-state index in [-0.39, 0.29) is 5.56 Å². The van der Waals surface area contributed by atoms with E-state index >= 15 is 0 Å². The number of thiol groups is 1. The number of rotatable bonds is 2. The molecular formula is C13H9FOS. The minimum atomic E-state index is -1.45. The molecule has 0 aliphatic rings. The molecule has 0 saturated carbocycles. The summed E-state index contributed by atoms with van der Waals surface area (Å²) in [4.78, 5) is 11.0. The number of carbonyl (C=O) groups is 1. The average Bonchev–Trinajstić information content (AvgIpc) is 2.29. The number of halogens is 1. The minimum Gasteiger partial charge on any atom is -0.255 e. The first-order chi connectivity index (χ1) is 7.68. The van der Waals surface area contributed by atoms with Gasteiger partial charge in [0.1, 0.15) is 0 Å². The van der Waals surface area contributed by atoms with Crippen molar-refractivity contribution in [3.63, 3.8) is 0 Å². The maximum atomic E-state index is 12.5. The van der Waals surface area contributed by atoms with Crippen LogP contribution in [0.2, 0.25) is 0 Å². The third kappa shape index (κ3) is 2.14. The molecule has 0 aromatic heterocycles. The van der Waals surface area contributed by atoms with Crippen LogP contribution >= 0.6 is 12.6 Å². The van der Waals surface area contributed by atoms with Gasteiger partial charge in [-0.25, -0.2) is 0 Å². The summed E-state index contributed by atoms with van der Waals surface area (Å²) in [6.07, 6.45) is 0. The van der Waals surface area contributed by atoms with E-state index in [1.54, 1.807) is 12.1 Å². The highest BCUT2D eigenvalue weighted by atomic mass is 32.1. The molecule has 0 spiro atoms. The summed E-state index contributed by atoms with van der Waals surface area (Å²) in [6, 6.07) is 13.0. The van der Waals surface area contributed by atoms with Crippen LogP contribution in [0.4, 0.5) is 4.39 Å². The van der Waals surface area contributed by atoms with Crippen molar-refractivity contribution in [2.75, 3.05) is 0 Å². The third-order valence-electron chi connectivity index (χ3n) is 2.32. The highest BCUT2D eigenvalue weighted by Gasteiger charge is 2.09. The zero-order chi connectivity index (χ0) is 11.5. The molecule has 0 N–H and O–H groups in total. The predicted molar refractivity (Wildman–Crippen MR) is 64.6 cm³/mol. The smallest absolute Gasteiger partial charge is 0.255 e. The van der Waals surface area contributed by atoms with Gasteiger partial charge in [-0.15, -0.1) is 12.6 Å². The van der Waals surface area contributed by atoms with Crippen LogP contribution in [-0.4, -0.2) is 6.04 Å². The molecule has 0 amide bonds. The number of hydrogen-bond acceptors (Lipinski definition) is 2. The van der Waals surface area contributed by atoms with Gasteiger partial charge in [-0.05, 0) is 23.3 Å². The molecule has 0 bridgehead atoms. The van der Waals surface area contributed by atoms with Crippen molar-refractivity contribution in [1.29, 1.82) is 0 Å². The molecule has 0 unspecified atom stereocenters. The van der Waals surface area contributed by atoms with Crippen LogP contribution in [0.1, 0.15) is 10.4 Å². The molecule has 2 aromatic rings. The van der Waals surface area contributed by atoms with Crippen LogP contribution in [0.5, 0.6) is 0 Å². The van der Waals surface area contributed by atoms with Gasteiger partial charge in [0.25, 0.3) is 0 Å².